The Kier molecular flexibility index (Phi) is 8.21. The van der Waals surface area contributed by atoms with Crippen LogP contribution in [0.4, 0.5) is 0 Å². The lowest BCUT2D eigenvalue weighted by molar-refractivity contribution is -0.142. The van der Waals surface area contributed by atoms with Gasteiger partial charge in [-0.05, 0) is 22.3 Å². The molecular formula is C30H28N2O3S. The zero-order valence-electron chi connectivity index (χ0n) is 19.7. The molecule has 36 heavy (non-hydrogen) atoms. The van der Waals surface area contributed by atoms with Crippen molar-refractivity contribution >= 4 is 23.6 Å². The van der Waals surface area contributed by atoms with Crippen molar-refractivity contribution in [3.8, 4) is 0 Å². The molecular weight excluding hydrogens is 468 g/mol. The third kappa shape index (κ3) is 5.51. The van der Waals surface area contributed by atoms with Gasteiger partial charge < -0.3 is 16.2 Å². The summed E-state index contributed by atoms with van der Waals surface area (Å²) >= 11 is 1.56. The number of amides is 1. The molecule has 0 saturated carbocycles. The second-order valence-electron chi connectivity index (χ2n) is 8.39. The molecule has 0 fully saturated rings. The fourth-order valence-corrected chi connectivity index (χ4v) is 5.73. The van der Waals surface area contributed by atoms with Gasteiger partial charge in [-0.1, -0.05) is 121 Å². The summed E-state index contributed by atoms with van der Waals surface area (Å²) in [6.07, 6.45) is 0. The van der Waals surface area contributed by atoms with Gasteiger partial charge in [-0.2, -0.15) is 0 Å². The maximum atomic E-state index is 13.0. The number of nitrogens with one attached hydrogen (secondary N) is 1. The van der Waals surface area contributed by atoms with Gasteiger partial charge in [0, 0.05) is 5.75 Å². The van der Waals surface area contributed by atoms with Crippen LogP contribution in [0.25, 0.3) is 0 Å². The predicted molar refractivity (Wildman–Crippen MR) is 145 cm³/mol. The van der Waals surface area contributed by atoms with Gasteiger partial charge in [-0.3, -0.25) is 4.79 Å². The zero-order valence-corrected chi connectivity index (χ0v) is 20.5. The Morgan fingerprint density at radius 1 is 0.722 bits per heavy atom. The minimum Gasteiger partial charge on any atom is -0.479 e. The lowest BCUT2D eigenvalue weighted by Crippen LogP contribution is -2.46. The SMILES string of the molecule is N[C@@H](CSC(c1ccccc1)(c1ccccc1)c1ccccc1)C(=O)N[C@@H](C(=O)O)c1ccccc1. The lowest BCUT2D eigenvalue weighted by Gasteiger charge is -2.36. The van der Waals surface area contributed by atoms with Gasteiger partial charge >= 0.3 is 5.97 Å². The van der Waals surface area contributed by atoms with E-state index < -0.39 is 28.7 Å². The number of carbonyl (C=O) groups excluding carboxylic acids is 1. The molecule has 0 saturated heterocycles. The summed E-state index contributed by atoms with van der Waals surface area (Å²) in [7, 11) is 0. The minimum atomic E-state index is -1.17. The highest BCUT2D eigenvalue weighted by Gasteiger charge is 2.38. The quantitative estimate of drug-likeness (QED) is 0.269. The Morgan fingerprint density at radius 2 is 1.11 bits per heavy atom. The maximum absolute atomic E-state index is 13.0. The topological polar surface area (TPSA) is 92.4 Å². The largest absolute Gasteiger partial charge is 0.479 e. The van der Waals surface area contributed by atoms with Crippen LogP contribution >= 0.6 is 11.8 Å². The molecule has 2 atom stereocenters. The third-order valence-electron chi connectivity index (χ3n) is 6.02. The predicted octanol–water partition coefficient (Wildman–Crippen LogP) is 4.98. The minimum absolute atomic E-state index is 0.269. The van der Waals surface area contributed by atoms with Crippen molar-refractivity contribution in [2.45, 2.75) is 16.8 Å². The van der Waals surface area contributed by atoms with E-state index >= 15 is 0 Å². The molecule has 0 bridgehead atoms. The van der Waals surface area contributed by atoms with Crippen LogP contribution in [0.2, 0.25) is 0 Å². The Morgan fingerprint density at radius 3 is 1.50 bits per heavy atom. The van der Waals surface area contributed by atoms with E-state index in [0.717, 1.165) is 16.7 Å². The first kappa shape index (κ1) is 25.2. The Balaban J connectivity index is 1.65. The standard InChI is InChI=1S/C30H28N2O3S/c31-26(28(33)32-27(29(34)35)22-13-5-1-6-14-22)21-36-30(23-15-7-2-8-16-23,24-17-9-3-10-18-24)25-19-11-4-12-20-25/h1-20,26-27H,21,31H2,(H,32,33)(H,34,35)/t26-,27+/m0/s1. The van der Waals surface area contributed by atoms with Crippen LogP contribution in [0.1, 0.15) is 28.3 Å². The Labute approximate surface area is 215 Å². The summed E-state index contributed by atoms with van der Waals surface area (Å²) in [4.78, 5) is 24.9. The summed E-state index contributed by atoms with van der Waals surface area (Å²) in [5.41, 5.74) is 10.0. The van der Waals surface area contributed by atoms with Gasteiger partial charge in [-0.25, -0.2) is 4.79 Å². The number of carboxylic acids is 1. The molecule has 1 amide bonds. The van der Waals surface area contributed by atoms with E-state index in [1.807, 2.05) is 54.6 Å². The van der Waals surface area contributed by atoms with Gasteiger partial charge in [-0.15, -0.1) is 11.8 Å². The van der Waals surface area contributed by atoms with Gasteiger partial charge in [0.05, 0.1) is 10.8 Å². The van der Waals surface area contributed by atoms with Gasteiger partial charge in [0.25, 0.3) is 0 Å². The van der Waals surface area contributed by atoms with E-state index in [-0.39, 0.29) is 5.75 Å². The van der Waals surface area contributed by atoms with Crippen LogP contribution in [-0.2, 0) is 14.3 Å². The third-order valence-corrected chi connectivity index (χ3v) is 7.69. The molecule has 4 aromatic rings. The van der Waals surface area contributed by atoms with Crippen LogP contribution in [0.5, 0.6) is 0 Å². The van der Waals surface area contributed by atoms with E-state index in [2.05, 4.69) is 41.7 Å². The van der Waals surface area contributed by atoms with Crippen molar-refractivity contribution in [3.05, 3.63) is 144 Å². The molecule has 0 radical (unpaired) electrons. The summed E-state index contributed by atoms with van der Waals surface area (Å²) in [5.74, 6) is -1.38. The number of thioether (sulfide) groups is 1. The van der Waals surface area contributed by atoms with E-state index in [1.165, 1.54) is 0 Å². The monoisotopic (exact) mass is 496 g/mol. The average molecular weight is 497 g/mol. The molecule has 5 nitrogen and oxygen atoms in total. The highest BCUT2D eigenvalue weighted by Crippen LogP contribution is 2.48. The zero-order chi connectivity index (χ0) is 25.4. The van der Waals surface area contributed by atoms with E-state index in [9.17, 15) is 14.7 Å². The van der Waals surface area contributed by atoms with E-state index in [0.29, 0.717) is 5.56 Å². The van der Waals surface area contributed by atoms with Crippen molar-refractivity contribution < 1.29 is 14.7 Å². The smallest absolute Gasteiger partial charge is 0.330 e. The summed E-state index contributed by atoms with van der Waals surface area (Å²) in [6.45, 7) is 0. The molecule has 182 valence electrons. The number of hydrogen-bond acceptors (Lipinski definition) is 4. The van der Waals surface area contributed by atoms with Crippen molar-refractivity contribution in [1.29, 1.82) is 0 Å². The van der Waals surface area contributed by atoms with Crippen molar-refractivity contribution in [1.82, 2.24) is 5.32 Å². The Bertz CT molecular complexity index is 1170. The fourth-order valence-electron chi connectivity index (χ4n) is 4.24. The molecule has 0 aliphatic heterocycles. The number of benzene rings is 4. The van der Waals surface area contributed by atoms with E-state index in [1.54, 1.807) is 42.1 Å². The number of nitrogens with two attached hydrogens (primary N) is 1. The molecule has 0 aromatic heterocycles. The molecule has 6 heteroatoms. The maximum Gasteiger partial charge on any atom is 0.330 e. The average Bonchev–Trinajstić information content (AvgIpc) is 2.94. The number of carboxylic acid groups (broad SMARTS) is 1. The first-order valence-corrected chi connectivity index (χ1v) is 12.6. The number of carbonyl (C=O) groups is 2. The number of aliphatic carboxylic acids is 1. The highest BCUT2D eigenvalue weighted by atomic mass is 32.2. The molecule has 4 rings (SSSR count). The Hall–Kier alpha value is -3.87. The summed E-state index contributed by atoms with van der Waals surface area (Å²) in [6, 6.07) is 36.9. The molecule has 4 N–H and O–H groups in total. The first-order chi connectivity index (χ1) is 17.5. The second-order valence-corrected chi connectivity index (χ2v) is 9.62. The van der Waals surface area contributed by atoms with Crippen LogP contribution in [-0.4, -0.2) is 28.8 Å². The first-order valence-electron chi connectivity index (χ1n) is 11.7. The second kappa shape index (κ2) is 11.7. The highest BCUT2D eigenvalue weighted by molar-refractivity contribution is 8.00. The van der Waals surface area contributed by atoms with Crippen LogP contribution < -0.4 is 11.1 Å². The van der Waals surface area contributed by atoms with Gasteiger partial charge in [0.15, 0.2) is 6.04 Å². The van der Waals surface area contributed by atoms with Crippen LogP contribution in [0.3, 0.4) is 0 Å². The van der Waals surface area contributed by atoms with Gasteiger partial charge in [0.1, 0.15) is 0 Å². The van der Waals surface area contributed by atoms with Crippen molar-refractivity contribution in [3.63, 3.8) is 0 Å². The molecule has 0 aliphatic carbocycles. The lowest BCUT2D eigenvalue weighted by atomic mass is 9.84. The van der Waals surface area contributed by atoms with Gasteiger partial charge in [0.2, 0.25) is 5.91 Å². The summed E-state index contributed by atoms with van der Waals surface area (Å²) in [5, 5.41) is 12.3. The van der Waals surface area contributed by atoms with Crippen LogP contribution in [0.15, 0.2) is 121 Å². The van der Waals surface area contributed by atoms with Crippen molar-refractivity contribution in [2.24, 2.45) is 5.73 Å². The number of hydrogen-bond donors (Lipinski definition) is 3. The van der Waals surface area contributed by atoms with Crippen LogP contribution in [0, 0.1) is 0 Å². The molecule has 0 aliphatic rings. The number of rotatable bonds is 10. The van der Waals surface area contributed by atoms with Crippen molar-refractivity contribution in [2.75, 3.05) is 5.75 Å². The molecule has 0 spiro atoms. The fraction of sp³-hybridized carbons (Fsp3) is 0.133. The molecule has 0 heterocycles. The van der Waals surface area contributed by atoms with E-state index in [4.69, 9.17) is 5.73 Å². The molecule has 4 aromatic carbocycles. The molecule has 0 unspecified atom stereocenters. The summed E-state index contributed by atoms with van der Waals surface area (Å²) < 4.78 is -0.618. The normalized spacial score (nSPS) is 12.9.